The highest BCUT2D eigenvalue weighted by Crippen LogP contribution is 2.28. The van der Waals surface area contributed by atoms with E-state index in [1.54, 1.807) is 12.0 Å². The van der Waals surface area contributed by atoms with Gasteiger partial charge in [-0.05, 0) is 32.1 Å². The van der Waals surface area contributed by atoms with Crippen molar-refractivity contribution in [3.63, 3.8) is 0 Å². The molecular formula is C18H29N3O3. The van der Waals surface area contributed by atoms with Crippen LogP contribution in [0.2, 0.25) is 0 Å². The van der Waals surface area contributed by atoms with Crippen LogP contribution in [0.1, 0.15) is 20.3 Å². The molecule has 1 aliphatic rings. The Hall–Kier alpha value is -1.95. The van der Waals surface area contributed by atoms with Crippen molar-refractivity contribution in [2.45, 2.75) is 32.4 Å². The van der Waals surface area contributed by atoms with Crippen molar-refractivity contribution < 1.29 is 14.3 Å². The van der Waals surface area contributed by atoms with Gasteiger partial charge in [0.1, 0.15) is 6.10 Å². The Bertz CT molecular complexity index is 532. The van der Waals surface area contributed by atoms with Crippen molar-refractivity contribution in [2.75, 3.05) is 40.3 Å². The van der Waals surface area contributed by atoms with Crippen LogP contribution in [0.15, 0.2) is 24.3 Å². The number of ether oxygens (including phenoxy) is 2. The third kappa shape index (κ3) is 4.54. The summed E-state index contributed by atoms with van der Waals surface area (Å²) in [6.45, 7) is 7.12. The van der Waals surface area contributed by atoms with Crippen molar-refractivity contribution in [1.29, 1.82) is 0 Å². The van der Waals surface area contributed by atoms with Gasteiger partial charge in [0.2, 0.25) is 0 Å². The molecule has 1 N–H and O–H groups in total. The first-order valence-corrected chi connectivity index (χ1v) is 8.61. The van der Waals surface area contributed by atoms with Crippen LogP contribution in [0.3, 0.4) is 0 Å². The van der Waals surface area contributed by atoms with Crippen LogP contribution in [0.25, 0.3) is 0 Å². The van der Waals surface area contributed by atoms with Gasteiger partial charge in [-0.3, -0.25) is 0 Å². The van der Waals surface area contributed by atoms with Crippen molar-refractivity contribution >= 4 is 6.03 Å². The molecule has 1 saturated heterocycles. The molecule has 134 valence electrons. The predicted octanol–water partition coefficient (Wildman–Crippen LogP) is 2.20. The summed E-state index contributed by atoms with van der Waals surface area (Å²) in [6.07, 6.45) is 1.04. The molecular weight excluding hydrogens is 306 g/mol. The summed E-state index contributed by atoms with van der Waals surface area (Å²) in [5.74, 6) is 1.44. The fourth-order valence-electron chi connectivity index (χ4n) is 2.76. The van der Waals surface area contributed by atoms with Gasteiger partial charge in [0.15, 0.2) is 11.5 Å². The largest absolute Gasteiger partial charge is 0.493 e. The quantitative estimate of drug-likeness (QED) is 0.791. The minimum atomic E-state index is -0.0159. The highest BCUT2D eigenvalue weighted by molar-refractivity contribution is 5.75. The Balaban J connectivity index is 1.74. The van der Waals surface area contributed by atoms with Gasteiger partial charge >= 0.3 is 6.03 Å². The number of likely N-dealkylation sites (tertiary alicyclic amines) is 1. The first-order chi connectivity index (χ1) is 11.6. The molecule has 0 aliphatic carbocycles. The molecule has 2 amide bonds. The van der Waals surface area contributed by atoms with Crippen LogP contribution in [-0.2, 0) is 0 Å². The number of nitrogens with one attached hydrogen (secondary N) is 1. The minimum absolute atomic E-state index is 0.0159. The number of urea groups is 1. The monoisotopic (exact) mass is 335 g/mol. The van der Waals surface area contributed by atoms with Crippen LogP contribution in [0.4, 0.5) is 4.79 Å². The van der Waals surface area contributed by atoms with Gasteiger partial charge in [-0.25, -0.2) is 4.79 Å². The van der Waals surface area contributed by atoms with Gasteiger partial charge in [0.25, 0.3) is 0 Å². The molecule has 0 bridgehead atoms. The van der Waals surface area contributed by atoms with Gasteiger partial charge in [-0.1, -0.05) is 26.0 Å². The van der Waals surface area contributed by atoms with Gasteiger partial charge in [0, 0.05) is 12.6 Å². The number of methoxy groups -OCH3 is 1. The fraction of sp³-hybridized carbons (Fsp3) is 0.611. The van der Waals surface area contributed by atoms with E-state index < -0.39 is 0 Å². The van der Waals surface area contributed by atoms with E-state index in [0.29, 0.717) is 31.4 Å². The second-order valence-corrected chi connectivity index (χ2v) is 6.12. The third-order valence-electron chi connectivity index (χ3n) is 4.58. The highest BCUT2D eigenvalue weighted by Gasteiger charge is 2.33. The standard InChI is InChI=1S/C18H29N3O3/c1-5-14(20(3)6-2)11-19-18(22)21-12-15(13-21)24-17-10-8-7-9-16(17)23-4/h7-10,14-15H,5-6,11-13H2,1-4H3,(H,19,22). The molecule has 6 heteroatoms. The molecule has 24 heavy (non-hydrogen) atoms. The number of rotatable bonds is 8. The lowest BCUT2D eigenvalue weighted by molar-refractivity contribution is 0.0421. The van der Waals surface area contributed by atoms with Crippen LogP contribution >= 0.6 is 0 Å². The van der Waals surface area contributed by atoms with E-state index in [1.165, 1.54) is 0 Å². The summed E-state index contributed by atoms with van der Waals surface area (Å²) in [7, 11) is 3.71. The zero-order valence-electron chi connectivity index (χ0n) is 15.1. The average molecular weight is 335 g/mol. The molecule has 0 aromatic heterocycles. The summed E-state index contributed by atoms with van der Waals surface area (Å²) in [5, 5.41) is 3.02. The minimum Gasteiger partial charge on any atom is -0.493 e. The molecule has 1 atom stereocenters. The topological polar surface area (TPSA) is 54.0 Å². The van der Waals surface area contributed by atoms with Crippen molar-refractivity contribution in [3.8, 4) is 11.5 Å². The van der Waals surface area contributed by atoms with Crippen molar-refractivity contribution in [2.24, 2.45) is 0 Å². The summed E-state index contributed by atoms with van der Waals surface area (Å²) < 4.78 is 11.2. The summed E-state index contributed by atoms with van der Waals surface area (Å²) in [4.78, 5) is 16.2. The van der Waals surface area contributed by atoms with E-state index >= 15 is 0 Å². The average Bonchev–Trinajstić information content (AvgIpc) is 2.57. The predicted molar refractivity (Wildman–Crippen MR) is 94.8 cm³/mol. The maximum atomic E-state index is 12.2. The summed E-state index contributed by atoms with van der Waals surface area (Å²) >= 11 is 0. The molecule has 1 aromatic carbocycles. The number of likely N-dealkylation sites (N-methyl/N-ethyl adjacent to an activating group) is 1. The second kappa shape index (κ2) is 8.78. The van der Waals surface area contributed by atoms with Crippen molar-refractivity contribution in [3.05, 3.63) is 24.3 Å². The molecule has 0 spiro atoms. The van der Waals surface area contributed by atoms with Crippen LogP contribution in [-0.4, -0.2) is 68.3 Å². The van der Waals surface area contributed by atoms with Crippen LogP contribution in [0, 0.1) is 0 Å². The van der Waals surface area contributed by atoms with E-state index in [4.69, 9.17) is 9.47 Å². The fourth-order valence-corrected chi connectivity index (χ4v) is 2.76. The highest BCUT2D eigenvalue weighted by atomic mass is 16.5. The molecule has 6 nitrogen and oxygen atoms in total. The summed E-state index contributed by atoms with van der Waals surface area (Å²) in [6, 6.07) is 7.93. The van der Waals surface area contributed by atoms with Crippen LogP contribution < -0.4 is 14.8 Å². The first kappa shape index (κ1) is 18.4. The number of hydrogen-bond donors (Lipinski definition) is 1. The molecule has 1 fully saturated rings. The smallest absolute Gasteiger partial charge is 0.317 e. The Morgan fingerprint density at radius 2 is 2.00 bits per heavy atom. The third-order valence-corrected chi connectivity index (χ3v) is 4.58. The lowest BCUT2D eigenvalue weighted by Crippen LogP contribution is -2.59. The summed E-state index contributed by atoms with van der Waals surface area (Å²) in [5.41, 5.74) is 0. The number of carbonyl (C=O) groups excluding carboxylic acids is 1. The van der Waals surface area contributed by atoms with E-state index in [0.717, 1.165) is 18.7 Å². The number of nitrogens with zero attached hydrogens (tertiary/aromatic N) is 2. The molecule has 1 unspecified atom stereocenters. The molecule has 1 heterocycles. The maximum absolute atomic E-state index is 12.2. The van der Waals surface area contributed by atoms with Gasteiger partial charge in [-0.15, -0.1) is 0 Å². The van der Waals surface area contributed by atoms with Gasteiger partial charge < -0.3 is 24.6 Å². The molecule has 1 aromatic rings. The lowest BCUT2D eigenvalue weighted by atomic mass is 10.1. The Morgan fingerprint density at radius 1 is 1.33 bits per heavy atom. The number of hydrogen-bond acceptors (Lipinski definition) is 4. The van der Waals surface area contributed by atoms with E-state index in [1.807, 2.05) is 24.3 Å². The van der Waals surface area contributed by atoms with E-state index in [-0.39, 0.29) is 12.1 Å². The zero-order valence-corrected chi connectivity index (χ0v) is 15.1. The zero-order chi connectivity index (χ0) is 17.5. The van der Waals surface area contributed by atoms with Crippen LogP contribution in [0.5, 0.6) is 11.5 Å². The normalized spacial score (nSPS) is 15.8. The number of benzene rings is 1. The molecule has 2 rings (SSSR count). The number of para-hydroxylation sites is 2. The van der Waals surface area contributed by atoms with E-state index in [9.17, 15) is 4.79 Å². The molecule has 0 saturated carbocycles. The SMILES string of the molecule is CCC(CNC(=O)N1CC(Oc2ccccc2OC)C1)N(C)CC. The van der Waals surface area contributed by atoms with Gasteiger partial charge in [0.05, 0.1) is 20.2 Å². The second-order valence-electron chi connectivity index (χ2n) is 6.12. The van der Waals surface area contributed by atoms with Crippen molar-refractivity contribution in [1.82, 2.24) is 15.1 Å². The maximum Gasteiger partial charge on any atom is 0.317 e. The lowest BCUT2D eigenvalue weighted by Gasteiger charge is -2.39. The Kier molecular flexibility index (Phi) is 6.73. The van der Waals surface area contributed by atoms with Gasteiger partial charge in [-0.2, -0.15) is 0 Å². The van der Waals surface area contributed by atoms with E-state index in [2.05, 4.69) is 31.1 Å². The number of carbonyl (C=O) groups is 1. The number of amides is 2. The Labute approximate surface area is 144 Å². The Morgan fingerprint density at radius 3 is 2.58 bits per heavy atom. The first-order valence-electron chi connectivity index (χ1n) is 8.61. The molecule has 1 aliphatic heterocycles. The molecule has 0 radical (unpaired) electrons.